The zero-order chi connectivity index (χ0) is 12.2. The minimum atomic E-state index is 0.967. The number of hydrogen-bond donors (Lipinski definition) is 0. The zero-order valence-electron chi connectivity index (χ0n) is 12.1. The Bertz CT molecular complexity index is 124. The molecule has 0 amide bonds. The molecule has 0 heteroatoms. The van der Waals surface area contributed by atoms with Crippen LogP contribution in [-0.4, -0.2) is 0 Å². The zero-order valence-corrected chi connectivity index (χ0v) is 12.1. The highest BCUT2D eigenvalue weighted by Crippen LogP contribution is 2.20. The molecule has 0 N–H and O–H groups in total. The Morgan fingerprint density at radius 2 is 1.19 bits per heavy atom. The van der Waals surface area contributed by atoms with E-state index >= 15 is 0 Å². The van der Waals surface area contributed by atoms with Crippen molar-refractivity contribution in [2.45, 2.75) is 85.5 Å². The van der Waals surface area contributed by atoms with Crippen LogP contribution >= 0.6 is 0 Å². The number of unbranched alkanes of at least 4 members (excludes halogenated alkanes) is 2. The number of hydrogen-bond acceptors (Lipinski definition) is 0. The Kier molecular flexibility index (Phi) is 11.5. The molecule has 0 aliphatic heterocycles. The van der Waals surface area contributed by atoms with Gasteiger partial charge < -0.3 is 0 Å². The van der Waals surface area contributed by atoms with E-state index in [1.54, 1.807) is 0 Å². The third-order valence-corrected chi connectivity index (χ3v) is 3.99. The molecule has 0 aliphatic rings. The molecule has 0 heterocycles. The molecule has 0 aromatic rings. The van der Waals surface area contributed by atoms with Crippen LogP contribution in [0.15, 0.2) is 0 Å². The van der Waals surface area contributed by atoms with Gasteiger partial charge in [0.05, 0.1) is 0 Å². The van der Waals surface area contributed by atoms with Crippen molar-refractivity contribution in [3.63, 3.8) is 0 Å². The summed E-state index contributed by atoms with van der Waals surface area (Å²) in [7, 11) is 0. The van der Waals surface area contributed by atoms with E-state index in [9.17, 15) is 0 Å². The molecule has 0 rings (SSSR count). The van der Waals surface area contributed by atoms with E-state index in [0.29, 0.717) is 0 Å². The maximum Gasteiger partial charge on any atom is -0.0386 e. The Balaban J connectivity index is 3.37. The van der Waals surface area contributed by atoms with E-state index in [0.717, 1.165) is 11.8 Å². The van der Waals surface area contributed by atoms with E-state index in [4.69, 9.17) is 0 Å². The topological polar surface area (TPSA) is 0 Å². The summed E-state index contributed by atoms with van der Waals surface area (Å²) in [4.78, 5) is 0. The van der Waals surface area contributed by atoms with E-state index in [1.807, 2.05) is 0 Å². The largest absolute Gasteiger partial charge is 0.0654 e. The van der Waals surface area contributed by atoms with Gasteiger partial charge in [-0.2, -0.15) is 0 Å². The molecule has 1 unspecified atom stereocenters. The van der Waals surface area contributed by atoms with E-state index in [2.05, 4.69) is 34.1 Å². The van der Waals surface area contributed by atoms with Crippen LogP contribution < -0.4 is 0 Å². The molecule has 0 fully saturated rings. The lowest BCUT2D eigenvalue weighted by atomic mass is 9.92. The standard InChI is InChI=1S/C16H33/c1-5-12-16(8-4)14-11-9-10-13-15(6-2)7-3/h9,15-16H,5-8,10-14H2,1-4H3. The van der Waals surface area contributed by atoms with Crippen LogP contribution in [0.1, 0.15) is 85.5 Å². The molecule has 1 atom stereocenters. The van der Waals surface area contributed by atoms with Gasteiger partial charge >= 0.3 is 0 Å². The lowest BCUT2D eigenvalue weighted by Crippen LogP contribution is -2.00. The first-order valence-electron chi connectivity index (χ1n) is 7.59. The van der Waals surface area contributed by atoms with Gasteiger partial charge in [-0.15, -0.1) is 0 Å². The summed E-state index contributed by atoms with van der Waals surface area (Å²) >= 11 is 0. The SMILES string of the molecule is CCCC(CC)CC[CH]CCC(CC)CC. The maximum atomic E-state index is 2.54. The molecule has 0 saturated heterocycles. The van der Waals surface area contributed by atoms with Gasteiger partial charge in [0.15, 0.2) is 0 Å². The van der Waals surface area contributed by atoms with Gasteiger partial charge in [-0.05, 0) is 31.1 Å². The smallest absolute Gasteiger partial charge is 0.0386 e. The molecule has 0 aliphatic carbocycles. The first-order valence-corrected chi connectivity index (χ1v) is 7.59. The van der Waals surface area contributed by atoms with Gasteiger partial charge in [0.2, 0.25) is 0 Å². The summed E-state index contributed by atoms with van der Waals surface area (Å²) in [5, 5.41) is 0. The van der Waals surface area contributed by atoms with Crippen LogP contribution in [0, 0.1) is 18.3 Å². The van der Waals surface area contributed by atoms with Crippen molar-refractivity contribution in [1.29, 1.82) is 0 Å². The van der Waals surface area contributed by atoms with Gasteiger partial charge in [-0.25, -0.2) is 0 Å². The molecule has 0 aromatic carbocycles. The summed E-state index contributed by atoms with van der Waals surface area (Å²) in [6, 6.07) is 0. The van der Waals surface area contributed by atoms with Crippen LogP contribution in [0.3, 0.4) is 0 Å². The van der Waals surface area contributed by atoms with Crippen molar-refractivity contribution in [3.8, 4) is 0 Å². The molecule has 0 aromatic heterocycles. The van der Waals surface area contributed by atoms with E-state index in [1.165, 1.54) is 57.8 Å². The Labute approximate surface area is 104 Å². The minimum absolute atomic E-state index is 0.967. The summed E-state index contributed by atoms with van der Waals surface area (Å²) in [5.74, 6) is 1.95. The highest BCUT2D eigenvalue weighted by Gasteiger charge is 2.06. The monoisotopic (exact) mass is 225 g/mol. The Morgan fingerprint density at radius 1 is 0.688 bits per heavy atom. The van der Waals surface area contributed by atoms with Gasteiger partial charge in [0.25, 0.3) is 0 Å². The molecule has 0 bridgehead atoms. The normalized spacial score (nSPS) is 13.3. The minimum Gasteiger partial charge on any atom is -0.0654 e. The van der Waals surface area contributed by atoms with Gasteiger partial charge in [0.1, 0.15) is 0 Å². The van der Waals surface area contributed by atoms with Crippen LogP contribution in [0.5, 0.6) is 0 Å². The lowest BCUT2D eigenvalue weighted by molar-refractivity contribution is 0.417. The van der Waals surface area contributed by atoms with Crippen molar-refractivity contribution in [2.24, 2.45) is 11.8 Å². The number of rotatable bonds is 11. The molecule has 1 radical (unpaired) electrons. The second-order valence-electron chi connectivity index (χ2n) is 5.19. The summed E-state index contributed by atoms with van der Waals surface area (Å²) < 4.78 is 0. The molecular weight excluding hydrogens is 192 g/mol. The molecule has 0 saturated carbocycles. The van der Waals surface area contributed by atoms with Crippen molar-refractivity contribution < 1.29 is 0 Å². The Hall–Kier alpha value is 0. The summed E-state index contributed by atoms with van der Waals surface area (Å²) in [5.41, 5.74) is 0. The predicted molar refractivity (Wildman–Crippen MR) is 75.5 cm³/mol. The lowest BCUT2D eigenvalue weighted by Gasteiger charge is -2.14. The average Bonchev–Trinajstić information content (AvgIpc) is 2.32. The molecule has 97 valence electrons. The first-order chi connectivity index (χ1) is 7.78. The fourth-order valence-corrected chi connectivity index (χ4v) is 2.51. The van der Waals surface area contributed by atoms with E-state index < -0.39 is 0 Å². The molecule has 16 heavy (non-hydrogen) atoms. The fourth-order valence-electron chi connectivity index (χ4n) is 2.51. The summed E-state index contributed by atoms with van der Waals surface area (Å²) in [6.07, 6.45) is 14.9. The highest BCUT2D eigenvalue weighted by atomic mass is 14.1. The molecule has 0 spiro atoms. The predicted octanol–water partition coefficient (Wildman–Crippen LogP) is 6.01. The third-order valence-electron chi connectivity index (χ3n) is 3.99. The average molecular weight is 225 g/mol. The second kappa shape index (κ2) is 11.5. The van der Waals surface area contributed by atoms with Gasteiger partial charge in [-0.3, -0.25) is 0 Å². The van der Waals surface area contributed by atoms with E-state index in [-0.39, 0.29) is 0 Å². The van der Waals surface area contributed by atoms with Gasteiger partial charge in [-0.1, -0.05) is 72.6 Å². The van der Waals surface area contributed by atoms with Crippen molar-refractivity contribution in [1.82, 2.24) is 0 Å². The highest BCUT2D eigenvalue weighted by molar-refractivity contribution is 4.70. The molecular formula is C16H33. The maximum absolute atomic E-state index is 2.54. The van der Waals surface area contributed by atoms with Gasteiger partial charge in [0, 0.05) is 0 Å². The van der Waals surface area contributed by atoms with Crippen LogP contribution in [0.25, 0.3) is 0 Å². The Morgan fingerprint density at radius 3 is 1.62 bits per heavy atom. The van der Waals surface area contributed by atoms with Crippen molar-refractivity contribution in [2.75, 3.05) is 0 Å². The quantitative estimate of drug-likeness (QED) is 0.377. The van der Waals surface area contributed by atoms with Crippen LogP contribution in [0.4, 0.5) is 0 Å². The fraction of sp³-hybridized carbons (Fsp3) is 0.938. The summed E-state index contributed by atoms with van der Waals surface area (Å²) in [6.45, 7) is 9.29. The van der Waals surface area contributed by atoms with Crippen molar-refractivity contribution in [3.05, 3.63) is 6.42 Å². The first kappa shape index (κ1) is 16.0. The second-order valence-corrected chi connectivity index (χ2v) is 5.19. The molecule has 0 nitrogen and oxygen atoms in total. The van der Waals surface area contributed by atoms with Crippen LogP contribution in [0.2, 0.25) is 0 Å². The van der Waals surface area contributed by atoms with Crippen molar-refractivity contribution >= 4 is 0 Å². The third kappa shape index (κ3) is 8.19. The van der Waals surface area contributed by atoms with Crippen LogP contribution in [-0.2, 0) is 0 Å².